The molecule has 1 amide bonds. The molecule has 0 N–H and O–H groups in total. The zero-order valence-electron chi connectivity index (χ0n) is 11.4. The number of nitrogens with zero attached hydrogens (tertiary/aromatic N) is 1. The molecule has 1 saturated carbocycles. The van der Waals surface area contributed by atoms with Gasteiger partial charge >= 0.3 is 0 Å². The lowest BCUT2D eigenvalue weighted by Crippen LogP contribution is -2.40. The lowest BCUT2D eigenvalue weighted by Gasteiger charge is -2.29. The van der Waals surface area contributed by atoms with Gasteiger partial charge in [0.15, 0.2) is 0 Å². The van der Waals surface area contributed by atoms with Gasteiger partial charge in [-0.25, -0.2) is 0 Å². The highest BCUT2D eigenvalue weighted by Gasteiger charge is 2.36. The van der Waals surface area contributed by atoms with Crippen molar-refractivity contribution in [3.05, 3.63) is 35.4 Å². The second-order valence-corrected chi connectivity index (χ2v) is 5.53. The van der Waals surface area contributed by atoms with E-state index >= 15 is 0 Å². The largest absolute Gasteiger partial charge is 0.488 e. The van der Waals surface area contributed by atoms with Crippen molar-refractivity contribution in [3.8, 4) is 5.75 Å². The van der Waals surface area contributed by atoms with E-state index < -0.39 is 0 Å². The first-order valence-corrected chi connectivity index (χ1v) is 6.92. The van der Waals surface area contributed by atoms with E-state index in [1.807, 2.05) is 35.2 Å². The number of rotatable bonds is 3. The van der Waals surface area contributed by atoms with Crippen LogP contribution < -0.4 is 4.74 Å². The molecule has 2 aliphatic rings. The Morgan fingerprint density at radius 2 is 2.05 bits per heavy atom. The number of para-hydroxylation sites is 1. The fourth-order valence-electron chi connectivity index (χ4n) is 2.58. The fourth-order valence-corrected chi connectivity index (χ4v) is 2.58. The molecule has 3 rings (SSSR count). The molecule has 1 aliphatic heterocycles. The van der Waals surface area contributed by atoms with Gasteiger partial charge in [-0.05, 0) is 38.8 Å². The smallest absolute Gasteiger partial charge is 0.253 e. The highest BCUT2D eigenvalue weighted by molar-refractivity contribution is 5.99. The number of hydrogen-bond donors (Lipinski definition) is 0. The summed E-state index contributed by atoms with van der Waals surface area (Å²) in [6.07, 6.45) is 4.24. The summed E-state index contributed by atoms with van der Waals surface area (Å²) in [4.78, 5) is 14.6. The van der Waals surface area contributed by atoms with Crippen molar-refractivity contribution in [1.82, 2.24) is 4.90 Å². The van der Waals surface area contributed by atoms with Crippen LogP contribution in [0.3, 0.4) is 0 Å². The van der Waals surface area contributed by atoms with Gasteiger partial charge in [-0.15, -0.1) is 0 Å². The minimum Gasteiger partial charge on any atom is -0.488 e. The van der Waals surface area contributed by atoms with Gasteiger partial charge in [0.2, 0.25) is 0 Å². The zero-order chi connectivity index (χ0) is 13.4. The Balaban J connectivity index is 1.86. The predicted octanol–water partition coefficient (Wildman–Crippen LogP) is 2.86. The van der Waals surface area contributed by atoms with E-state index in [1.165, 1.54) is 0 Å². The van der Waals surface area contributed by atoms with Crippen LogP contribution in [-0.2, 0) is 4.79 Å². The molecule has 0 unspecified atom stereocenters. The Kier molecular flexibility index (Phi) is 3.05. The van der Waals surface area contributed by atoms with Crippen LogP contribution >= 0.6 is 0 Å². The molecular weight excluding hydrogens is 238 g/mol. The van der Waals surface area contributed by atoms with Gasteiger partial charge in [-0.3, -0.25) is 4.79 Å². The van der Waals surface area contributed by atoms with E-state index in [9.17, 15) is 4.79 Å². The molecule has 1 aliphatic carbocycles. The minimum absolute atomic E-state index is 0.131. The summed E-state index contributed by atoms with van der Waals surface area (Å²) in [5, 5.41) is 0. The molecule has 0 radical (unpaired) electrons. The van der Waals surface area contributed by atoms with Crippen molar-refractivity contribution in [2.45, 2.75) is 38.8 Å². The fraction of sp³-hybridized carbons (Fsp3) is 0.438. The third kappa shape index (κ3) is 2.37. The van der Waals surface area contributed by atoms with Crippen molar-refractivity contribution >= 4 is 12.0 Å². The average Bonchev–Trinajstić information content (AvgIpc) is 3.22. The number of carbonyl (C=O) groups is 1. The van der Waals surface area contributed by atoms with E-state index in [4.69, 9.17) is 4.74 Å². The SMILES string of the molecule is CC(C)N(C(=O)C1=Cc2ccccc2OC1)C1CC1. The second-order valence-electron chi connectivity index (χ2n) is 5.53. The highest BCUT2D eigenvalue weighted by Crippen LogP contribution is 2.32. The van der Waals surface area contributed by atoms with E-state index in [1.54, 1.807) is 0 Å². The number of hydrogen-bond acceptors (Lipinski definition) is 2. The van der Waals surface area contributed by atoms with Gasteiger partial charge in [0.1, 0.15) is 12.4 Å². The van der Waals surface area contributed by atoms with E-state index in [-0.39, 0.29) is 11.9 Å². The molecule has 1 heterocycles. The van der Waals surface area contributed by atoms with Crippen molar-refractivity contribution in [2.24, 2.45) is 0 Å². The summed E-state index contributed by atoms with van der Waals surface area (Å²) in [5.74, 6) is 0.994. The van der Waals surface area contributed by atoms with Gasteiger partial charge < -0.3 is 9.64 Å². The molecule has 0 bridgehead atoms. The van der Waals surface area contributed by atoms with Crippen LogP contribution in [0.1, 0.15) is 32.3 Å². The first-order valence-electron chi connectivity index (χ1n) is 6.92. The topological polar surface area (TPSA) is 29.5 Å². The van der Waals surface area contributed by atoms with E-state index in [2.05, 4.69) is 13.8 Å². The quantitative estimate of drug-likeness (QED) is 0.833. The Hall–Kier alpha value is -1.77. The lowest BCUT2D eigenvalue weighted by molar-refractivity contribution is -0.129. The van der Waals surface area contributed by atoms with Crippen molar-refractivity contribution < 1.29 is 9.53 Å². The van der Waals surface area contributed by atoms with Gasteiger partial charge in [0.05, 0.1) is 5.57 Å². The monoisotopic (exact) mass is 257 g/mol. The Bertz CT molecular complexity index is 527. The number of amides is 1. The lowest BCUT2D eigenvalue weighted by atomic mass is 10.1. The predicted molar refractivity (Wildman–Crippen MR) is 74.9 cm³/mol. The second kappa shape index (κ2) is 4.72. The summed E-state index contributed by atoms with van der Waals surface area (Å²) in [7, 11) is 0. The number of ether oxygens (including phenoxy) is 1. The molecule has 0 atom stereocenters. The number of fused-ring (bicyclic) bond motifs is 1. The molecule has 3 heteroatoms. The van der Waals surface area contributed by atoms with Gasteiger partial charge in [-0.2, -0.15) is 0 Å². The Labute approximate surface area is 113 Å². The summed E-state index contributed by atoms with van der Waals surface area (Å²) in [6.45, 7) is 4.54. The highest BCUT2D eigenvalue weighted by atomic mass is 16.5. The van der Waals surface area contributed by atoms with E-state index in [0.29, 0.717) is 12.6 Å². The molecule has 1 aromatic carbocycles. The van der Waals surface area contributed by atoms with Gasteiger partial charge in [0, 0.05) is 17.6 Å². The third-order valence-corrected chi connectivity index (χ3v) is 3.64. The maximum Gasteiger partial charge on any atom is 0.253 e. The minimum atomic E-state index is 0.131. The maximum absolute atomic E-state index is 12.6. The van der Waals surface area contributed by atoms with Crippen LogP contribution in [0.4, 0.5) is 0 Å². The van der Waals surface area contributed by atoms with Crippen molar-refractivity contribution in [1.29, 1.82) is 0 Å². The van der Waals surface area contributed by atoms with Crippen molar-refractivity contribution in [2.75, 3.05) is 6.61 Å². The first-order chi connectivity index (χ1) is 9.16. The molecule has 1 fully saturated rings. The summed E-state index contributed by atoms with van der Waals surface area (Å²) in [6, 6.07) is 8.52. The standard InChI is InChI=1S/C16H19NO2/c1-11(2)17(14-7-8-14)16(18)13-9-12-5-3-4-6-15(12)19-10-13/h3-6,9,11,14H,7-8,10H2,1-2H3. The molecule has 19 heavy (non-hydrogen) atoms. The molecule has 3 nitrogen and oxygen atoms in total. The Morgan fingerprint density at radius 3 is 2.74 bits per heavy atom. The molecule has 0 aromatic heterocycles. The van der Waals surface area contributed by atoms with Crippen LogP contribution in [0.5, 0.6) is 5.75 Å². The normalized spacial score (nSPS) is 17.5. The molecule has 1 aromatic rings. The van der Waals surface area contributed by atoms with Crippen LogP contribution in [0.15, 0.2) is 29.8 Å². The summed E-state index contributed by atoms with van der Waals surface area (Å²) >= 11 is 0. The van der Waals surface area contributed by atoms with Crippen molar-refractivity contribution in [3.63, 3.8) is 0 Å². The van der Waals surface area contributed by atoms with E-state index in [0.717, 1.165) is 29.7 Å². The molecule has 100 valence electrons. The van der Waals surface area contributed by atoms with Gasteiger partial charge in [0.25, 0.3) is 5.91 Å². The van der Waals surface area contributed by atoms with Crippen LogP contribution in [0.25, 0.3) is 6.08 Å². The zero-order valence-corrected chi connectivity index (χ0v) is 11.4. The molecule has 0 spiro atoms. The summed E-state index contributed by atoms with van der Waals surface area (Å²) < 4.78 is 5.67. The molecule has 0 saturated heterocycles. The van der Waals surface area contributed by atoms with Gasteiger partial charge in [-0.1, -0.05) is 18.2 Å². The Morgan fingerprint density at radius 1 is 1.32 bits per heavy atom. The average molecular weight is 257 g/mol. The summed E-state index contributed by atoms with van der Waals surface area (Å²) in [5.41, 5.74) is 1.76. The molecular formula is C16H19NO2. The first kappa shape index (κ1) is 12.3. The van der Waals surface area contributed by atoms with Crippen LogP contribution in [0.2, 0.25) is 0 Å². The van der Waals surface area contributed by atoms with Crippen LogP contribution in [0, 0.1) is 0 Å². The van der Waals surface area contributed by atoms with Crippen LogP contribution in [-0.4, -0.2) is 29.5 Å². The number of benzene rings is 1. The maximum atomic E-state index is 12.6. The number of carbonyl (C=O) groups excluding carboxylic acids is 1. The third-order valence-electron chi connectivity index (χ3n) is 3.64.